The molecule has 0 aliphatic carbocycles. The number of rotatable bonds is 18. The minimum Gasteiger partial charge on any atom is -0.508 e. The second kappa shape index (κ2) is 19.9. The van der Waals surface area contributed by atoms with Gasteiger partial charge in [-0.05, 0) is 143 Å². The zero-order valence-electron chi connectivity index (χ0n) is 26.3. The highest BCUT2D eigenvalue weighted by Crippen LogP contribution is 2.21. The van der Waals surface area contributed by atoms with Crippen LogP contribution in [0.5, 0.6) is 5.75 Å². The zero-order valence-corrected chi connectivity index (χ0v) is 26.3. The van der Waals surface area contributed by atoms with Crippen molar-refractivity contribution in [3.63, 3.8) is 0 Å². The van der Waals surface area contributed by atoms with E-state index in [2.05, 4.69) is 84.9 Å². The molecule has 0 saturated heterocycles. The molecule has 1 rings (SSSR count). The molecule has 0 saturated carbocycles. The number of hydrogen-bond acceptors (Lipinski definition) is 2. The predicted octanol–water partition coefficient (Wildman–Crippen LogP) is 11.2. The Hall–Kier alpha value is -3.07. The van der Waals surface area contributed by atoms with Crippen molar-refractivity contribution < 1.29 is 15.0 Å². The van der Waals surface area contributed by atoms with Crippen molar-refractivity contribution in [2.24, 2.45) is 0 Å². The average molecular weight is 547 g/mol. The van der Waals surface area contributed by atoms with E-state index in [0.717, 1.165) is 57.8 Å². The van der Waals surface area contributed by atoms with Gasteiger partial charge in [-0.15, -0.1) is 0 Å². The smallest absolute Gasteiger partial charge is 0.335 e. The van der Waals surface area contributed by atoms with Gasteiger partial charge in [-0.1, -0.05) is 69.9 Å². The Morgan fingerprint density at radius 3 is 1.35 bits per heavy atom. The van der Waals surface area contributed by atoms with Gasteiger partial charge in [-0.2, -0.15) is 0 Å². The van der Waals surface area contributed by atoms with Crippen molar-refractivity contribution in [2.75, 3.05) is 0 Å². The third-order valence-electron chi connectivity index (χ3n) is 7.21. The number of phenolic OH excluding ortho intramolecular Hbond substituents is 1. The van der Waals surface area contributed by atoms with Gasteiger partial charge in [-0.3, -0.25) is 0 Å². The van der Waals surface area contributed by atoms with Gasteiger partial charge in [0.25, 0.3) is 0 Å². The fourth-order valence-electron chi connectivity index (χ4n) is 4.45. The molecule has 0 aliphatic rings. The summed E-state index contributed by atoms with van der Waals surface area (Å²) in [5.41, 5.74) is 9.39. The van der Waals surface area contributed by atoms with Crippen LogP contribution in [0.2, 0.25) is 0 Å². The summed E-state index contributed by atoms with van der Waals surface area (Å²) in [6.07, 6.45) is 25.5. The Labute approximate surface area is 244 Å². The number of carboxylic acid groups (broad SMARTS) is 1. The molecule has 0 amide bonds. The summed E-state index contributed by atoms with van der Waals surface area (Å²) in [7, 11) is 0. The Bertz CT molecular complexity index is 1120. The van der Waals surface area contributed by atoms with Gasteiger partial charge < -0.3 is 10.2 Å². The molecule has 0 fully saturated rings. The lowest BCUT2D eigenvalue weighted by Crippen LogP contribution is -1.97. The largest absolute Gasteiger partial charge is 0.508 e. The number of allylic oxidation sites excluding steroid dienone is 12. The molecule has 3 heteroatoms. The Balaban J connectivity index is 2.33. The topological polar surface area (TPSA) is 57.5 Å². The van der Waals surface area contributed by atoms with Gasteiger partial charge in [0.15, 0.2) is 0 Å². The first-order chi connectivity index (χ1) is 19.0. The van der Waals surface area contributed by atoms with E-state index in [4.69, 9.17) is 5.11 Å². The van der Waals surface area contributed by atoms with E-state index in [1.807, 2.05) is 0 Å². The van der Waals surface area contributed by atoms with Gasteiger partial charge in [0, 0.05) is 0 Å². The second-order valence-corrected chi connectivity index (χ2v) is 11.6. The molecule has 0 spiro atoms. The highest BCUT2D eigenvalue weighted by molar-refractivity contribution is 5.88. The monoisotopic (exact) mass is 546 g/mol. The molecule has 0 heterocycles. The molecular weight excluding hydrogens is 492 g/mol. The van der Waals surface area contributed by atoms with Crippen LogP contribution in [0.3, 0.4) is 0 Å². The lowest BCUT2D eigenvalue weighted by Gasteiger charge is -2.05. The van der Waals surface area contributed by atoms with Crippen molar-refractivity contribution in [1.29, 1.82) is 0 Å². The maximum absolute atomic E-state index is 11.2. The molecule has 40 heavy (non-hydrogen) atoms. The number of phenols is 1. The van der Waals surface area contributed by atoms with Gasteiger partial charge in [0.2, 0.25) is 0 Å². The molecule has 1 aromatic carbocycles. The minimum atomic E-state index is -0.977. The first-order valence-electron chi connectivity index (χ1n) is 14.9. The maximum atomic E-state index is 11.2. The number of carbonyl (C=O) groups is 1. The summed E-state index contributed by atoms with van der Waals surface area (Å²) in [6.45, 7) is 15.4. The van der Waals surface area contributed by atoms with E-state index in [1.54, 1.807) is 6.07 Å². The van der Waals surface area contributed by atoms with Crippen molar-refractivity contribution in [3.05, 3.63) is 99.2 Å². The van der Waals surface area contributed by atoms with Crippen molar-refractivity contribution in [2.45, 2.75) is 119 Å². The average Bonchev–Trinajstić information content (AvgIpc) is 2.87. The first-order valence-corrected chi connectivity index (χ1v) is 14.9. The normalized spacial score (nSPS) is 13.5. The van der Waals surface area contributed by atoms with E-state index in [9.17, 15) is 9.90 Å². The number of aromatic hydroxyl groups is 1. The van der Waals surface area contributed by atoms with Crippen molar-refractivity contribution >= 4 is 5.97 Å². The highest BCUT2D eigenvalue weighted by atomic mass is 16.4. The van der Waals surface area contributed by atoms with E-state index < -0.39 is 5.97 Å². The fourth-order valence-corrected chi connectivity index (χ4v) is 4.45. The second-order valence-electron chi connectivity index (χ2n) is 11.6. The highest BCUT2D eigenvalue weighted by Gasteiger charge is 2.07. The molecule has 1 aromatic rings. The van der Waals surface area contributed by atoms with Crippen LogP contribution in [0.4, 0.5) is 0 Å². The van der Waals surface area contributed by atoms with Crippen LogP contribution in [0, 0.1) is 0 Å². The first kappa shape index (κ1) is 35.0. The number of hydrogen-bond donors (Lipinski definition) is 2. The summed E-state index contributed by atoms with van der Waals surface area (Å²) in [4.78, 5) is 11.2. The van der Waals surface area contributed by atoms with E-state index in [0.29, 0.717) is 12.0 Å². The Morgan fingerprint density at radius 2 is 0.975 bits per heavy atom. The van der Waals surface area contributed by atoms with Gasteiger partial charge in [0.1, 0.15) is 5.75 Å². The predicted molar refractivity (Wildman–Crippen MR) is 173 cm³/mol. The van der Waals surface area contributed by atoms with Crippen LogP contribution in [0.1, 0.15) is 129 Å². The van der Waals surface area contributed by atoms with E-state index >= 15 is 0 Å². The molecule has 2 N–H and O–H groups in total. The molecular formula is C37H54O3. The Morgan fingerprint density at radius 1 is 0.600 bits per heavy atom. The SMILES string of the molecule is CC(C)=CCC/C(C)=C\CC/C(C)=C\CC/C(C)=C\CC/C(C)=C\CC/C(C)=C\Cc1cc(C(=O)O)ccc1O. The molecule has 0 radical (unpaired) electrons. The molecule has 3 nitrogen and oxygen atoms in total. The lowest BCUT2D eigenvalue weighted by molar-refractivity contribution is 0.0696. The van der Waals surface area contributed by atoms with Gasteiger partial charge >= 0.3 is 5.97 Å². The summed E-state index contributed by atoms with van der Waals surface area (Å²) < 4.78 is 0. The third kappa shape index (κ3) is 16.8. The van der Waals surface area contributed by atoms with Crippen LogP contribution < -0.4 is 0 Å². The van der Waals surface area contributed by atoms with Gasteiger partial charge in [0.05, 0.1) is 5.56 Å². The quantitative estimate of drug-likeness (QED) is 0.180. The minimum absolute atomic E-state index is 0.142. The standard InChI is InChI=1S/C37H54O3/c1-28(2)13-8-14-29(3)15-9-16-30(4)17-10-18-31(5)19-11-20-32(6)21-12-22-33(7)23-24-34-27-35(37(39)40)25-26-36(34)38/h13,15,17,19,21,23,25-27,38H,8-12,14,16,18,20,22,24H2,1-7H3,(H,39,40)/b29-15-,30-17-,31-19-,32-21-,33-23-. The van der Waals surface area contributed by atoms with Gasteiger partial charge in [-0.25, -0.2) is 4.79 Å². The summed E-state index contributed by atoms with van der Waals surface area (Å²) in [5.74, 6) is -0.835. The number of aromatic carboxylic acids is 1. The van der Waals surface area contributed by atoms with Crippen LogP contribution in [0.25, 0.3) is 0 Å². The van der Waals surface area contributed by atoms with Crippen LogP contribution >= 0.6 is 0 Å². The lowest BCUT2D eigenvalue weighted by atomic mass is 10.0. The molecule has 0 unspecified atom stereocenters. The fraction of sp³-hybridized carbons (Fsp3) is 0.486. The Kier molecular flexibility index (Phi) is 17.4. The summed E-state index contributed by atoms with van der Waals surface area (Å²) >= 11 is 0. The number of benzene rings is 1. The third-order valence-corrected chi connectivity index (χ3v) is 7.21. The zero-order chi connectivity index (χ0) is 29.9. The molecule has 0 aliphatic heterocycles. The number of carboxylic acids is 1. The molecule has 0 aromatic heterocycles. The summed E-state index contributed by atoms with van der Waals surface area (Å²) in [5, 5.41) is 19.2. The van der Waals surface area contributed by atoms with E-state index in [-0.39, 0.29) is 11.3 Å². The summed E-state index contributed by atoms with van der Waals surface area (Å²) in [6, 6.07) is 4.43. The maximum Gasteiger partial charge on any atom is 0.335 e. The van der Waals surface area contributed by atoms with Crippen LogP contribution in [-0.2, 0) is 6.42 Å². The van der Waals surface area contributed by atoms with Crippen LogP contribution in [-0.4, -0.2) is 16.2 Å². The van der Waals surface area contributed by atoms with Crippen molar-refractivity contribution in [1.82, 2.24) is 0 Å². The van der Waals surface area contributed by atoms with Crippen LogP contribution in [0.15, 0.2) is 88.1 Å². The molecule has 0 atom stereocenters. The molecule has 220 valence electrons. The molecule has 0 bridgehead atoms. The van der Waals surface area contributed by atoms with Crippen molar-refractivity contribution in [3.8, 4) is 5.75 Å². The van der Waals surface area contributed by atoms with E-state index in [1.165, 1.54) is 52.0 Å².